The van der Waals surface area contributed by atoms with Gasteiger partial charge in [-0.1, -0.05) is 23.2 Å². The topological polar surface area (TPSA) is 49.3 Å². The van der Waals surface area contributed by atoms with E-state index in [-0.39, 0.29) is 22.2 Å². The highest BCUT2D eigenvalue weighted by atomic mass is 35.5. The van der Waals surface area contributed by atoms with Gasteiger partial charge in [-0.15, -0.1) is 0 Å². The van der Waals surface area contributed by atoms with E-state index in [1.54, 1.807) is 0 Å². The van der Waals surface area contributed by atoms with E-state index in [0.717, 1.165) is 0 Å². The fourth-order valence-corrected chi connectivity index (χ4v) is 2.69. The monoisotopic (exact) mass is 313 g/mol. The molecule has 0 saturated carbocycles. The summed E-state index contributed by atoms with van der Waals surface area (Å²) >= 11 is 11.6. The molecule has 2 rings (SSSR count). The molecule has 0 aromatic heterocycles. The van der Waals surface area contributed by atoms with Crippen molar-refractivity contribution in [1.82, 2.24) is 0 Å². The summed E-state index contributed by atoms with van der Waals surface area (Å²) in [5.41, 5.74) is 0.455. The maximum absolute atomic E-state index is 12.9. The minimum atomic E-state index is -4.68. The van der Waals surface area contributed by atoms with Gasteiger partial charge in [-0.25, -0.2) is 0 Å². The number of carboxylic acids is 1. The van der Waals surface area contributed by atoms with Crippen LogP contribution in [0.15, 0.2) is 12.1 Å². The van der Waals surface area contributed by atoms with Crippen molar-refractivity contribution in [3.63, 3.8) is 0 Å². The molecule has 1 aromatic carbocycles. The summed E-state index contributed by atoms with van der Waals surface area (Å²) in [6.45, 7) is 0. The lowest BCUT2D eigenvalue weighted by atomic mass is 9.87. The predicted molar refractivity (Wildman–Crippen MR) is 64.8 cm³/mol. The number of carboxylic acid groups (broad SMARTS) is 1. The maximum Gasteiger partial charge on any atom is 0.409 e. The molecule has 2 N–H and O–H groups in total. The smallest absolute Gasteiger partial charge is 0.409 e. The quantitative estimate of drug-likeness (QED) is 0.833. The maximum atomic E-state index is 12.9. The fourth-order valence-electron chi connectivity index (χ4n) is 2.10. The van der Waals surface area contributed by atoms with E-state index in [9.17, 15) is 18.0 Å². The summed E-state index contributed by atoms with van der Waals surface area (Å²) in [5, 5.41) is 11.4. The first-order valence-corrected chi connectivity index (χ1v) is 5.99. The Bertz CT molecular complexity index is 533. The molecule has 1 heterocycles. The first-order valence-electron chi connectivity index (χ1n) is 5.24. The number of anilines is 1. The van der Waals surface area contributed by atoms with Crippen LogP contribution in [0.1, 0.15) is 5.56 Å². The van der Waals surface area contributed by atoms with Crippen molar-refractivity contribution >= 4 is 34.9 Å². The van der Waals surface area contributed by atoms with Gasteiger partial charge in [0.15, 0.2) is 0 Å². The molecule has 0 fully saturated rings. The summed E-state index contributed by atoms with van der Waals surface area (Å²) in [6.07, 6.45) is -4.95. The van der Waals surface area contributed by atoms with E-state index < -0.39 is 24.1 Å². The summed E-state index contributed by atoms with van der Waals surface area (Å²) in [4.78, 5) is 11.0. The van der Waals surface area contributed by atoms with Gasteiger partial charge >= 0.3 is 12.1 Å². The lowest BCUT2D eigenvalue weighted by Crippen LogP contribution is -2.49. The highest BCUT2D eigenvalue weighted by Gasteiger charge is 2.50. The Labute approximate surface area is 116 Å². The molecule has 0 amide bonds. The Hall–Kier alpha value is -1.14. The van der Waals surface area contributed by atoms with E-state index in [1.807, 2.05) is 0 Å². The van der Waals surface area contributed by atoms with Crippen LogP contribution in [0.2, 0.25) is 10.0 Å². The van der Waals surface area contributed by atoms with E-state index in [2.05, 4.69) is 5.32 Å². The second-order valence-electron chi connectivity index (χ2n) is 4.23. The van der Waals surface area contributed by atoms with Gasteiger partial charge in [0.25, 0.3) is 0 Å². The van der Waals surface area contributed by atoms with E-state index in [0.29, 0.717) is 5.56 Å². The number of hydrogen-bond donors (Lipinski definition) is 2. The zero-order valence-corrected chi connectivity index (χ0v) is 10.8. The Kier molecular flexibility index (Phi) is 3.57. The summed E-state index contributed by atoms with van der Waals surface area (Å²) in [7, 11) is 0. The number of benzene rings is 1. The number of hydrogen-bond acceptors (Lipinski definition) is 2. The molecule has 0 spiro atoms. The molecular weight excluding hydrogens is 306 g/mol. The van der Waals surface area contributed by atoms with E-state index in [4.69, 9.17) is 28.3 Å². The predicted octanol–water partition coefficient (Wildman–Crippen LogP) is 3.59. The highest BCUT2D eigenvalue weighted by Crippen LogP contribution is 2.41. The third-order valence-corrected chi connectivity index (χ3v) is 3.46. The van der Waals surface area contributed by atoms with Crippen molar-refractivity contribution in [3.05, 3.63) is 27.7 Å². The molecule has 1 aromatic rings. The van der Waals surface area contributed by atoms with E-state index in [1.165, 1.54) is 12.1 Å². The van der Waals surface area contributed by atoms with Gasteiger partial charge in [0, 0.05) is 5.02 Å². The SMILES string of the molecule is O=C(O)[C@@H]1Cc2cc(Cl)cc(Cl)c2N[C@@H]1C(F)(F)F. The summed E-state index contributed by atoms with van der Waals surface area (Å²) in [6, 6.07) is 0.554. The number of fused-ring (bicyclic) bond motifs is 1. The largest absolute Gasteiger partial charge is 0.481 e. The first-order chi connectivity index (χ1) is 8.70. The van der Waals surface area contributed by atoms with Crippen LogP contribution in [0.3, 0.4) is 0 Å². The van der Waals surface area contributed by atoms with Crippen LogP contribution in [0.5, 0.6) is 0 Å². The van der Waals surface area contributed by atoms with Gasteiger partial charge in [0.2, 0.25) is 0 Å². The number of nitrogens with one attached hydrogen (secondary N) is 1. The van der Waals surface area contributed by atoms with Crippen molar-refractivity contribution in [3.8, 4) is 0 Å². The molecule has 3 nitrogen and oxygen atoms in total. The van der Waals surface area contributed by atoms with Crippen LogP contribution in [0, 0.1) is 5.92 Å². The number of alkyl halides is 3. The second kappa shape index (κ2) is 4.76. The molecule has 2 atom stereocenters. The average molecular weight is 314 g/mol. The molecule has 1 aliphatic rings. The lowest BCUT2D eigenvalue weighted by Gasteiger charge is -2.34. The van der Waals surface area contributed by atoms with Gasteiger partial charge in [-0.2, -0.15) is 13.2 Å². The molecule has 19 heavy (non-hydrogen) atoms. The minimum absolute atomic E-state index is 0.0422. The second-order valence-corrected chi connectivity index (χ2v) is 5.08. The standard InChI is InChI=1S/C11H8Cl2F3NO2/c12-5-1-4-2-6(10(18)19)9(11(14,15)16)17-8(4)7(13)3-5/h1,3,6,9,17H,2H2,(H,18,19)/t6-,9+/m1/s1. The third-order valence-electron chi connectivity index (χ3n) is 2.95. The van der Waals surface area contributed by atoms with Crippen LogP contribution in [-0.4, -0.2) is 23.3 Å². The molecule has 0 saturated heterocycles. The molecule has 0 unspecified atom stereocenters. The Morgan fingerprint density at radius 2 is 2.00 bits per heavy atom. The summed E-state index contributed by atoms with van der Waals surface area (Å²) in [5.74, 6) is -3.13. The molecular formula is C11H8Cl2F3NO2. The molecule has 0 bridgehead atoms. The van der Waals surface area contributed by atoms with Crippen LogP contribution in [0.25, 0.3) is 0 Å². The van der Waals surface area contributed by atoms with Gasteiger partial charge < -0.3 is 10.4 Å². The van der Waals surface area contributed by atoms with Gasteiger partial charge in [0.1, 0.15) is 6.04 Å². The fraction of sp³-hybridized carbons (Fsp3) is 0.364. The van der Waals surface area contributed by atoms with Crippen LogP contribution < -0.4 is 5.32 Å². The molecule has 0 radical (unpaired) electrons. The van der Waals surface area contributed by atoms with Crippen LogP contribution >= 0.6 is 23.2 Å². The van der Waals surface area contributed by atoms with Crippen molar-refractivity contribution in [2.45, 2.75) is 18.6 Å². The Morgan fingerprint density at radius 1 is 1.37 bits per heavy atom. The number of rotatable bonds is 1. The van der Waals surface area contributed by atoms with Gasteiger partial charge in [-0.05, 0) is 24.1 Å². The van der Waals surface area contributed by atoms with Crippen molar-refractivity contribution in [1.29, 1.82) is 0 Å². The molecule has 8 heteroatoms. The lowest BCUT2D eigenvalue weighted by molar-refractivity contribution is -0.169. The van der Waals surface area contributed by atoms with Crippen LogP contribution in [-0.2, 0) is 11.2 Å². The van der Waals surface area contributed by atoms with Crippen molar-refractivity contribution in [2.75, 3.05) is 5.32 Å². The average Bonchev–Trinajstić information content (AvgIpc) is 2.25. The number of aliphatic carboxylic acids is 1. The first kappa shape index (κ1) is 14.3. The third kappa shape index (κ3) is 2.74. The van der Waals surface area contributed by atoms with Gasteiger partial charge in [0.05, 0.1) is 16.6 Å². The van der Waals surface area contributed by atoms with Crippen LogP contribution in [0.4, 0.5) is 18.9 Å². The Balaban J connectivity index is 2.48. The minimum Gasteiger partial charge on any atom is -0.481 e. The van der Waals surface area contributed by atoms with E-state index >= 15 is 0 Å². The van der Waals surface area contributed by atoms with Crippen molar-refractivity contribution in [2.24, 2.45) is 5.92 Å². The highest BCUT2D eigenvalue weighted by molar-refractivity contribution is 6.36. The molecule has 104 valence electrons. The normalized spacial score (nSPS) is 22.6. The number of carbonyl (C=O) groups is 1. The Morgan fingerprint density at radius 3 is 2.53 bits per heavy atom. The number of halogens is 5. The van der Waals surface area contributed by atoms with Crippen molar-refractivity contribution < 1.29 is 23.1 Å². The zero-order valence-electron chi connectivity index (χ0n) is 9.26. The molecule has 1 aliphatic heterocycles. The van der Waals surface area contributed by atoms with Gasteiger partial charge in [-0.3, -0.25) is 4.79 Å². The zero-order chi connectivity index (χ0) is 14.4. The molecule has 0 aliphatic carbocycles. The summed E-state index contributed by atoms with van der Waals surface area (Å²) < 4.78 is 38.6.